The second-order valence-corrected chi connectivity index (χ2v) is 6.65. The van der Waals surface area contributed by atoms with Gasteiger partial charge in [0.2, 0.25) is 11.8 Å². The summed E-state index contributed by atoms with van der Waals surface area (Å²) in [6.45, 7) is 0.0661. The molecule has 7 nitrogen and oxygen atoms in total. The number of H-pyrrole nitrogens is 1. The van der Waals surface area contributed by atoms with Crippen LogP contribution in [0.3, 0.4) is 0 Å². The van der Waals surface area contributed by atoms with Crippen LogP contribution in [0.4, 0.5) is 5.82 Å². The quantitative estimate of drug-likeness (QED) is 0.642. The number of carbonyl (C=O) groups excluding carboxylic acids is 2. The van der Waals surface area contributed by atoms with Crippen molar-refractivity contribution in [1.82, 2.24) is 15.5 Å². The first-order valence-corrected chi connectivity index (χ1v) is 8.87. The van der Waals surface area contributed by atoms with Gasteiger partial charge in [-0.1, -0.05) is 42.5 Å². The highest BCUT2D eigenvalue weighted by Gasteiger charge is 2.37. The van der Waals surface area contributed by atoms with Crippen LogP contribution in [0.1, 0.15) is 18.0 Å². The van der Waals surface area contributed by atoms with Crippen molar-refractivity contribution in [2.24, 2.45) is 5.92 Å². The van der Waals surface area contributed by atoms with Crippen molar-refractivity contribution < 1.29 is 14.7 Å². The van der Waals surface area contributed by atoms with Crippen LogP contribution in [0.15, 0.2) is 54.6 Å². The topological polar surface area (TPSA) is 98.3 Å². The van der Waals surface area contributed by atoms with Gasteiger partial charge >= 0.3 is 0 Å². The van der Waals surface area contributed by atoms with E-state index in [1.807, 2.05) is 54.6 Å². The molecule has 0 spiro atoms. The smallest absolute Gasteiger partial charge is 0.229 e. The second kappa shape index (κ2) is 7.20. The molecule has 1 fully saturated rings. The number of benzene rings is 2. The van der Waals surface area contributed by atoms with Gasteiger partial charge in [-0.3, -0.25) is 19.6 Å². The number of nitrogens with zero attached hydrogens (tertiary/aromatic N) is 2. The lowest BCUT2D eigenvalue weighted by molar-refractivity contribution is -0.127. The summed E-state index contributed by atoms with van der Waals surface area (Å²) >= 11 is 0. The maximum absolute atomic E-state index is 12.7. The van der Waals surface area contributed by atoms with Crippen LogP contribution in [0.5, 0.6) is 0 Å². The molecular formula is C20H20N4O3. The van der Waals surface area contributed by atoms with Crippen molar-refractivity contribution in [3.8, 4) is 0 Å². The molecule has 7 heteroatoms. The average molecular weight is 364 g/mol. The van der Waals surface area contributed by atoms with E-state index in [0.29, 0.717) is 5.82 Å². The summed E-state index contributed by atoms with van der Waals surface area (Å²) in [7, 11) is 0. The Kier molecular flexibility index (Phi) is 4.60. The van der Waals surface area contributed by atoms with Crippen molar-refractivity contribution in [1.29, 1.82) is 0 Å². The molecule has 0 aliphatic carbocycles. The molecule has 3 N–H and O–H groups in total. The third kappa shape index (κ3) is 3.29. The molecule has 0 bridgehead atoms. The van der Waals surface area contributed by atoms with E-state index in [1.165, 1.54) is 0 Å². The number of fused-ring (bicyclic) bond motifs is 1. The molecular weight excluding hydrogens is 344 g/mol. The molecule has 138 valence electrons. The van der Waals surface area contributed by atoms with Crippen LogP contribution in [-0.4, -0.2) is 40.3 Å². The summed E-state index contributed by atoms with van der Waals surface area (Å²) in [5.74, 6) is -0.306. The zero-order chi connectivity index (χ0) is 18.8. The van der Waals surface area contributed by atoms with Gasteiger partial charge in [0.15, 0.2) is 5.82 Å². The fourth-order valence-electron chi connectivity index (χ4n) is 3.45. The van der Waals surface area contributed by atoms with Crippen molar-refractivity contribution in [2.45, 2.75) is 12.5 Å². The maximum atomic E-state index is 12.7. The number of rotatable bonds is 5. The normalized spacial score (nSPS) is 18.0. The number of aromatic nitrogens is 2. The number of anilines is 1. The van der Waals surface area contributed by atoms with Crippen LogP contribution in [-0.2, 0) is 9.59 Å². The molecule has 2 atom stereocenters. The molecule has 2 amide bonds. The second-order valence-electron chi connectivity index (χ2n) is 6.65. The molecule has 2 heterocycles. The van der Waals surface area contributed by atoms with Gasteiger partial charge in [0.1, 0.15) is 0 Å². The summed E-state index contributed by atoms with van der Waals surface area (Å²) in [5, 5.41) is 20.5. The van der Waals surface area contributed by atoms with Crippen LogP contribution in [0.2, 0.25) is 0 Å². The summed E-state index contributed by atoms with van der Waals surface area (Å²) in [6.07, 6.45) is 0.125. The number of nitrogens with one attached hydrogen (secondary N) is 2. The van der Waals surface area contributed by atoms with Gasteiger partial charge in [-0.25, -0.2) is 0 Å². The molecule has 1 aliphatic rings. The molecule has 27 heavy (non-hydrogen) atoms. The molecule has 2 aromatic carbocycles. The molecule has 0 saturated carbocycles. The van der Waals surface area contributed by atoms with E-state index < -0.39 is 12.0 Å². The van der Waals surface area contributed by atoms with E-state index in [9.17, 15) is 14.7 Å². The van der Waals surface area contributed by atoms with E-state index in [-0.39, 0.29) is 31.4 Å². The largest absolute Gasteiger partial charge is 0.394 e. The Hall–Kier alpha value is -3.19. The standard InChI is InChI=1S/C20H20N4O3/c25-12-17(13-6-2-1-3-7-13)21-20(27)14-10-18(26)24(11-14)19-15-8-4-5-9-16(15)22-23-19/h1-9,14,17,25H,10-12H2,(H,21,27)(H,22,23). The van der Waals surface area contributed by atoms with Crippen molar-refractivity contribution in [3.63, 3.8) is 0 Å². The number of para-hydroxylation sites is 1. The lowest BCUT2D eigenvalue weighted by Gasteiger charge is -2.19. The number of hydrogen-bond acceptors (Lipinski definition) is 4. The molecule has 1 aliphatic heterocycles. The van der Waals surface area contributed by atoms with Crippen molar-refractivity contribution >= 4 is 28.5 Å². The minimum Gasteiger partial charge on any atom is -0.394 e. The Morgan fingerprint density at radius 1 is 1.22 bits per heavy atom. The lowest BCUT2D eigenvalue weighted by Crippen LogP contribution is -2.37. The summed E-state index contributed by atoms with van der Waals surface area (Å²) in [4.78, 5) is 26.7. The van der Waals surface area contributed by atoms with E-state index >= 15 is 0 Å². The Labute approximate surface area is 156 Å². The summed E-state index contributed by atoms with van der Waals surface area (Å²) in [5.41, 5.74) is 1.67. The van der Waals surface area contributed by atoms with Crippen molar-refractivity contribution in [2.75, 3.05) is 18.1 Å². The van der Waals surface area contributed by atoms with E-state index in [4.69, 9.17) is 0 Å². The Morgan fingerprint density at radius 3 is 2.74 bits per heavy atom. The zero-order valence-electron chi connectivity index (χ0n) is 14.6. The number of amides is 2. The fourth-order valence-corrected chi connectivity index (χ4v) is 3.45. The van der Waals surface area contributed by atoms with Gasteiger partial charge in [0, 0.05) is 18.4 Å². The number of aliphatic hydroxyl groups is 1. The van der Waals surface area contributed by atoms with E-state index in [0.717, 1.165) is 16.5 Å². The predicted octanol–water partition coefficient (Wildman–Crippen LogP) is 1.77. The van der Waals surface area contributed by atoms with E-state index in [2.05, 4.69) is 15.5 Å². The molecule has 2 unspecified atom stereocenters. The Balaban J connectivity index is 1.49. The van der Waals surface area contributed by atoms with Crippen molar-refractivity contribution in [3.05, 3.63) is 60.2 Å². The molecule has 0 radical (unpaired) electrons. The Bertz CT molecular complexity index is 970. The average Bonchev–Trinajstić information content (AvgIpc) is 3.30. The number of hydrogen-bond donors (Lipinski definition) is 3. The van der Waals surface area contributed by atoms with E-state index in [1.54, 1.807) is 4.90 Å². The van der Waals surface area contributed by atoms with Crippen LogP contribution in [0, 0.1) is 5.92 Å². The van der Waals surface area contributed by atoms with Crippen LogP contribution in [0.25, 0.3) is 10.9 Å². The van der Waals surface area contributed by atoms with Gasteiger partial charge in [0.05, 0.1) is 24.1 Å². The lowest BCUT2D eigenvalue weighted by atomic mass is 10.0. The van der Waals surface area contributed by atoms with Gasteiger partial charge in [-0.2, -0.15) is 5.10 Å². The first kappa shape index (κ1) is 17.2. The third-order valence-corrected chi connectivity index (χ3v) is 4.90. The van der Waals surface area contributed by atoms with Gasteiger partial charge in [-0.05, 0) is 17.7 Å². The first-order chi connectivity index (χ1) is 13.2. The highest BCUT2D eigenvalue weighted by Crippen LogP contribution is 2.30. The number of carbonyl (C=O) groups is 2. The summed E-state index contributed by atoms with van der Waals surface area (Å²) in [6, 6.07) is 16.4. The number of aromatic amines is 1. The molecule has 1 aromatic heterocycles. The summed E-state index contributed by atoms with van der Waals surface area (Å²) < 4.78 is 0. The fraction of sp³-hybridized carbons (Fsp3) is 0.250. The Morgan fingerprint density at radius 2 is 1.96 bits per heavy atom. The van der Waals surface area contributed by atoms with Gasteiger partial charge < -0.3 is 10.4 Å². The minimum absolute atomic E-state index is 0.125. The predicted molar refractivity (Wildman–Crippen MR) is 101 cm³/mol. The monoisotopic (exact) mass is 364 g/mol. The van der Waals surface area contributed by atoms with Gasteiger partial charge in [0.25, 0.3) is 0 Å². The maximum Gasteiger partial charge on any atom is 0.229 e. The molecule has 4 rings (SSSR count). The van der Waals surface area contributed by atoms with Crippen LogP contribution < -0.4 is 10.2 Å². The van der Waals surface area contributed by atoms with Crippen LogP contribution >= 0.6 is 0 Å². The highest BCUT2D eigenvalue weighted by molar-refractivity contribution is 6.05. The number of aliphatic hydroxyl groups excluding tert-OH is 1. The third-order valence-electron chi connectivity index (χ3n) is 4.90. The minimum atomic E-state index is -0.492. The van der Waals surface area contributed by atoms with Gasteiger partial charge in [-0.15, -0.1) is 0 Å². The molecule has 3 aromatic rings. The first-order valence-electron chi connectivity index (χ1n) is 8.87. The molecule has 1 saturated heterocycles. The SMILES string of the molecule is O=C(NC(CO)c1ccccc1)C1CC(=O)N(c2n[nH]c3ccccc23)C1. The highest BCUT2D eigenvalue weighted by atomic mass is 16.3. The zero-order valence-corrected chi connectivity index (χ0v) is 14.6.